The van der Waals surface area contributed by atoms with Crippen LogP contribution in [0.15, 0.2) is 69.9 Å². The molecule has 0 saturated heterocycles. The maximum absolute atomic E-state index is 12.7. The molecule has 0 spiro atoms. The second kappa shape index (κ2) is 9.02. The molecule has 0 aliphatic heterocycles. The van der Waals surface area contributed by atoms with Gasteiger partial charge >= 0.3 is 11.6 Å². The predicted molar refractivity (Wildman–Crippen MR) is 117 cm³/mol. The molecule has 0 saturated carbocycles. The van der Waals surface area contributed by atoms with Gasteiger partial charge in [-0.3, -0.25) is 0 Å². The van der Waals surface area contributed by atoms with Crippen LogP contribution in [-0.2, 0) is 22.7 Å². The Kier molecular flexibility index (Phi) is 6.00. The fraction of sp³-hybridized carbons (Fsp3) is 0.200. The summed E-state index contributed by atoms with van der Waals surface area (Å²) in [5, 5.41) is 2.70. The van der Waals surface area contributed by atoms with Crippen molar-refractivity contribution in [2.24, 2.45) is 0 Å². The number of hydrogen-bond acceptors (Lipinski definition) is 6. The average molecular weight is 418 g/mol. The number of rotatable bonds is 7. The minimum Gasteiger partial charge on any atom is -0.496 e. The first-order valence-electron chi connectivity index (χ1n) is 9.97. The summed E-state index contributed by atoms with van der Waals surface area (Å²) < 4.78 is 21.7. The third-order valence-electron chi connectivity index (χ3n) is 5.05. The number of fused-ring (bicyclic) bond motifs is 3. The Balaban J connectivity index is 1.64. The first-order chi connectivity index (χ1) is 15.1. The average Bonchev–Trinajstić information content (AvgIpc) is 2.80. The molecule has 0 amide bonds. The normalized spacial score (nSPS) is 11.0. The van der Waals surface area contributed by atoms with Crippen molar-refractivity contribution in [1.82, 2.24) is 0 Å². The Morgan fingerprint density at radius 1 is 0.968 bits per heavy atom. The van der Waals surface area contributed by atoms with Crippen molar-refractivity contribution in [3.05, 3.63) is 87.8 Å². The molecule has 0 fully saturated rings. The highest BCUT2D eigenvalue weighted by atomic mass is 16.5. The first-order valence-corrected chi connectivity index (χ1v) is 9.97. The predicted octanol–water partition coefficient (Wildman–Crippen LogP) is 4.85. The van der Waals surface area contributed by atoms with Gasteiger partial charge in [0.15, 0.2) is 0 Å². The van der Waals surface area contributed by atoms with E-state index in [9.17, 15) is 9.59 Å². The van der Waals surface area contributed by atoms with E-state index in [0.717, 1.165) is 21.7 Å². The number of ether oxygens (including phenoxy) is 3. The van der Waals surface area contributed by atoms with Crippen LogP contribution >= 0.6 is 0 Å². The molecule has 0 atom stereocenters. The van der Waals surface area contributed by atoms with Crippen LogP contribution in [0.3, 0.4) is 0 Å². The topological polar surface area (TPSA) is 75.0 Å². The van der Waals surface area contributed by atoms with E-state index in [4.69, 9.17) is 18.6 Å². The van der Waals surface area contributed by atoms with Gasteiger partial charge in [0.2, 0.25) is 0 Å². The molecule has 1 aromatic heterocycles. The lowest BCUT2D eigenvalue weighted by Gasteiger charge is -2.12. The summed E-state index contributed by atoms with van der Waals surface area (Å²) in [6.45, 7) is 2.73. The number of esters is 1. The lowest BCUT2D eigenvalue weighted by atomic mass is 10.0. The Bertz CT molecular complexity index is 1300. The van der Waals surface area contributed by atoms with Crippen LogP contribution < -0.4 is 10.4 Å². The van der Waals surface area contributed by atoms with Crippen molar-refractivity contribution in [3.8, 4) is 5.75 Å². The van der Waals surface area contributed by atoms with E-state index < -0.39 is 11.6 Å². The van der Waals surface area contributed by atoms with Gasteiger partial charge in [-0.15, -0.1) is 0 Å². The van der Waals surface area contributed by atoms with Gasteiger partial charge in [0.1, 0.15) is 17.9 Å². The molecule has 0 aliphatic rings. The van der Waals surface area contributed by atoms with Crippen LogP contribution in [0.5, 0.6) is 5.75 Å². The SMILES string of the molecule is CCOCc1cc(C(=O)OCc2cc(=O)oc3ccc4ccccc4c23)ccc1OC. The number of hydrogen-bond donors (Lipinski definition) is 0. The van der Waals surface area contributed by atoms with Gasteiger partial charge in [-0.25, -0.2) is 9.59 Å². The quantitative estimate of drug-likeness (QED) is 0.243. The van der Waals surface area contributed by atoms with Gasteiger partial charge in [-0.2, -0.15) is 0 Å². The molecule has 158 valence electrons. The third-order valence-corrected chi connectivity index (χ3v) is 5.05. The zero-order valence-corrected chi connectivity index (χ0v) is 17.3. The van der Waals surface area contributed by atoms with Crippen molar-refractivity contribution in [3.63, 3.8) is 0 Å². The molecule has 6 heteroatoms. The highest BCUT2D eigenvalue weighted by Gasteiger charge is 2.15. The van der Waals surface area contributed by atoms with Crippen molar-refractivity contribution >= 4 is 27.7 Å². The Morgan fingerprint density at radius 3 is 2.61 bits per heavy atom. The summed E-state index contributed by atoms with van der Waals surface area (Å²) in [6, 6.07) is 17.9. The van der Waals surface area contributed by atoms with Gasteiger partial charge in [-0.1, -0.05) is 30.3 Å². The zero-order chi connectivity index (χ0) is 21.8. The van der Waals surface area contributed by atoms with Gasteiger partial charge in [-0.05, 0) is 42.0 Å². The molecule has 3 aromatic carbocycles. The summed E-state index contributed by atoms with van der Waals surface area (Å²) >= 11 is 0. The smallest absolute Gasteiger partial charge is 0.338 e. The van der Waals surface area contributed by atoms with Crippen LogP contribution in [-0.4, -0.2) is 19.7 Å². The Hall–Kier alpha value is -3.64. The van der Waals surface area contributed by atoms with Gasteiger partial charge in [0.25, 0.3) is 0 Å². The molecular formula is C25H22O6. The van der Waals surface area contributed by atoms with E-state index in [2.05, 4.69) is 0 Å². The van der Waals surface area contributed by atoms with Crippen molar-refractivity contribution in [2.45, 2.75) is 20.1 Å². The van der Waals surface area contributed by atoms with Crippen LogP contribution in [0, 0.1) is 0 Å². The van der Waals surface area contributed by atoms with E-state index in [-0.39, 0.29) is 6.61 Å². The monoisotopic (exact) mass is 418 g/mol. The molecule has 1 heterocycles. The standard InChI is InChI=1S/C25H22O6/c1-3-29-14-18-12-17(9-10-21(18)28-2)25(27)30-15-19-13-23(26)31-22-11-8-16-6-4-5-7-20(16)24(19)22/h4-13H,3,14-15H2,1-2H3. The molecule has 0 aliphatic carbocycles. The molecule has 6 nitrogen and oxygen atoms in total. The summed E-state index contributed by atoms with van der Waals surface area (Å²) in [7, 11) is 1.57. The van der Waals surface area contributed by atoms with Crippen molar-refractivity contribution in [1.29, 1.82) is 0 Å². The molecule has 4 rings (SSSR count). The molecular weight excluding hydrogens is 396 g/mol. The maximum atomic E-state index is 12.7. The van der Waals surface area contributed by atoms with Crippen LogP contribution in [0.4, 0.5) is 0 Å². The number of methoxy groups -OCH3 is 1. The second-order valence-electron chi connectivity index (χ2n) is 6.99. The van der Waals surface area contributed by atoms with Crippen LogP contribution in [0.25, 0.3) is 21.7 Å². The Morgan fingerprint density at radius 2 is 1.81 bits per heavy atom. The molecule has 0 N–H and O–H groups in total. The zero-order valence-electron chi connectivity index (χ0n) is 17.3. The molecule has 4 aromatic rings. The fourth-order valence-electron chi connectivity index (χ4n) is 3.59. The highest BCUT2D eigenvalue weighted by Crippen LogP contribution is 2.28. The molecule has 31 heavy (non-hydrogen) atoms. The molecule has 0 bridgehead atoms. The largest absolute Gasteiger partial charge is 0.496 e. The maximum Gasteiger partial charge on any atom is 0.338 e. The third kappa shape index (κ3) is 4.29. The van der Waals surface area contributed by atoms with Gasteiger partial charge in [0.05, 0.1) is 19.3 Å². The minimum absolute atomic E-state index is 0.0538. The Labute approximate surface area is 179 Å². The summed E-state index contributed by atoms with van der Waals surface area (Å²) in [6.07, 6.45) is 0. The summed E-state index contributed by atoms with van der Waals surface area (Å²) in [4.78, 5) is 24.8. The van der Waals surface area contributed by atoms with Gasteiger partial charge in [0, 0.05) is 29.2 Å². The molecule has 0 unspecified atom stereocenters. The van der Waals surface area contributed by atoms with E-state index in [1.807, 2.05) is 37.3 Å². The van der Waals surface area contributed by atoms with E-state index in [1.54, 1.807) is 31.4 Å². The number of benzene rings is 3. The fourth-order valence-corrected chi connectivity index (χ4v) is 3.59. The minimum atomic E-state index is -0.498. The summed E-state index contributed by atoms with van der Waals surface area (Å²) in [5.74, 6) is 0.144. The highest BCUT2D eigenvalue weighted by molar-refractivity contribution is 6.07. The summed E-state index contributed by atoms with van der Waals surface area (Å²) in [5.41, 5.74) is 1.71. The molecule has 0 radical (unpaired) electrons. The lowest BCUT2D eigenvalue weighted by Crippen LogP contribution is -2.09. The van der Waals surface area contributed by atoms with Crippen LogP contribution in [0.2, 0.25) is 0 Å². The number of carbonyl (C=O) groups excluding carboxylic acids is 1. The van der Waals surface area contributed by atoms with E-state index in [1.165, 1.54) is 6.07 Å². The second-order valence-corrected chi connectivity index (χ2v) is 6.99. The lowest BCUT2D eigenvalue weighted by molar-refractivity contribution is 0.0473. The van der Waals surface area contributed by atoms with E-state index in [0.29, 0.717) is 35.7 Å². The van der Waals surface area contributed by atoms with Crippen molar-refractivity contribution < 1.29 is 23.4 Å². The first kappa shape index (κ1) is 20.6. The van der Waals surface area contributed by atoms with Gasteiger partial charge < -0.3 is 18.6 Å². The van der Waals surface area contributed by atoms with Crippen molar-refractivity contribution in [2.75, 3.05) is 13.7 Å². The number of carbonyl (C=O) groups is 1. The van der Waals surface area contributed by atoms with E-state index >= 15 is 0 Å². The van der Waals surface area contributed by atoms with Crippen LogP contribution in [0.1, 0.15) is 28.4 Å².